The van der Waals surface area contributed by atoms with Crippen LogP contribution < -0.4 is 14.2 Å². The lowest BCUT2D eigenvalue weighted by atomic mass is 9.99. The highest BCUT2D eigenvalue weighted by Crippen LogP contribution is 2.51. The molecular formula is C20H18ClF2NO5. The Balaban J connectivity index is 1.70. The van der Waals surface area contributed by atoms with E-state index in [1.54, 1.807) is 6.20 Å². The lowest BCUT2D eigenvalue weighted by molar-refractivity contribution is -0.145. The van der Waals surface area contributed by atoms with Crippen molar-refractivity contribution in [1.82, 2.24) is 4.98 Å². The Labute approximate surface area is 170 Å². The molecule has 6 nitrogen and oxygen atoms in total. The lowest BCUT2D eigenvalue weighted by Gasteiger charge is -2.31. The molecule has 2 aliphatic rings. The SMILES string of the molecule is Cc1cncc(Cl)c1CC(=O)c1ccc(OC(F)F)c2c1OC1(CCOCC1)O2. The Kier molecular flexibility index (Phi) is 5.31. The predicted octanol–water partition coefficient (Wildman–Crippen LogP) is 4.35. The van der Waals surface area contributed by atoms with E-state index in [-0.39, 0.29) is 35.0 Å². The van der Waals surface area contributed by atoms with E-state index in [4.69, 9.17) is 25.8 Å². The number of ketones is 1. The number of alkyl halides is 2. The van der Waals surface area contributed by atoms with Gasteiger partial charge in [0.15, 0.2) is 17.3 Å². The van der Waals surface area contributed by atoms with Gasteiger partial charge < -0.3 is 18.9 Å². The number of carbonyl (C=O) groups excluding carboxylic acids is 1. The zero-order valence-corrected chi connectivity index (χ0v) is 16.3. The normalized spacial score (nSPS) is 17.0. The molecule has 4 rings (SSSR count). The molecule has 0 radical (unpaired) electrons. The average Bonchev–Trinajstić information content (AvgIpc) is 3.04. The molecule has 0 bridgehead atoms. The molecule has 1 spiro atoms. The summed E-state index contributed by atoms with van der Waals surface area (Å²) in [6.07, 6.45) is 3.90. The van der Waals surface area contributed by atoms with Crippen molar-refractivity contribution in [3.63, 3.8) is 0 Å². The van der Waals surface area contributed by atoms with Crippen LogP contribution in [0.15, 0.2) is 24.5 Å². The summed E-state index contributed by atoms with van der Waals surface area (Å²) in [5.74, 6) is -1.39. The van der Waals surface area contributed by atoms with E-state index in [0.717, 1.165) is 5.56 Å². The van der Waals surface area contributed by atoms with Crippen LogP contribution >= 0.6 is 11.6 Å². The third-order valence-corrected chi connectivity index (χ3v) is 5.31. The van der Waals surface area contributed by atoms with Gasteiger partial charge in [-0.15, -0.1) is 0 Å². The molecule has 0 atom stereocenters. The maximum atomic E-state index is 13.1. The minimum absolute atomic E-state index is 0.00808. The van der Waals surface area contributed by atoms with Gasteiger partial charge >= 0.3 is 6.61 Å². The first-order chi connectivity index (χ1) is 13.9. The Morgan fingerprint density at radius 2 is 1.97 bits per heavy atom. The number of aromatic nitrogens is 1. The zero-order chi connectivity index (χ0) is 20.6. The first-order valence-corrected chi connectivity index (χ1v) is 9.46. The van der Waals surface area contributed by atoms with Crippen molar-refractivity contribution in [2.45, 2.75) is 38.6 Å². The molecule has 2 aromatic rings. The van der Waals surface area contributed by atoms with Crippen LogP contribution in [0.3, 0.4) is 0 Å². The number of ether oxygens (including phenoxy) is 4. The minimum Gasteiger partial charge on any atom is -0.447 e. The standard InChI is InChI=1S/C20H18ClF2NO5/c1-11-9-24-10-14(21)13(11)8-15(25)12-2-3-16(27-19(22)23)18-17(12)28-20(29-18)4-6-26-7-5-20/h2-3,9-10,19H,4-8H2,1H3. The molecular weight excluding hydrogens is 408 g/mol. The van der Waals surface area contributed by atoms with Crippen LogP contribution in [0.5, 0.6) is 17.2 Å². The fourth-order valence-electron chi connectivity index (χ4n) is 3.47. The van der Waals surface area contributed by atoms with E-state index in [1.165, 1.54) is 18.3 Å². The van der Waals surface area contributed by atoms with Gasteiger partial charge in [0.05, 0.1) is 23.8 Å². The molecule has 1 fully saturated rings. The molecule has 29 heavy (non-hydrogen) atoms. The van der Waals surface area contributed by atoms with E-state index in [9.17, 15) is 13.6 Å². The molecule has 0 N–H and O–H groups in total. The smallest absolute Gasteiger partial charge is 0.387 e. The maximum Gasteiger partial charge on any atom is 0.387 e. The second-order valence-corrected chi connectivity index (χ2v) is 7.30. The van der Waals surface area contributed by atoms with Crippen molar-refractivity contribution in [3.05, 3.63) is 46.2 Å². The van der Waals surface area contributed by atoms with Crippen molar-refractivity contribution in [1.29, 1.82) is 0 Å². The second kappa shape index (κ2) is 7.76. The topological polar surface area (TPSA) is 66.9 Å². The molecule has 1 saturated heterocycles. The van der Waals surface area contributed by atoms with Crippen LogP contribution in [0.25, 0.3) is 0 Å². The Morgan fingerprint density at radius 1 is 1.24 bits per heavy atom. The maximum absolute atomic E-state index is 13.1. The number of hydrogen-bond donors (Lipinski definition) is 0. The Hall–Kier alpha value is -2.45. The summed E-state index contributed by atoms with van der Waals surface area (Å²) in [5.41, 5.74) is 1.64. The van der Waals surface area contributed by atoms with E-state index >= 15 is 0 Å². The highest BCUT2D eigenvalue weighted by molar-refractivity contribution is 6.31. The fourth-order valence-corrected chi connectivity index (χ4v) is 3.74. The molecule has 2 aliphatic heterocycles. The van der Waals surface area contributed by atoms with Gasteiger partial charge in [0.1, 0.15) is 0 Å². The van der Waals surface area contributed by atoms with E-state index in [0.29, 0.717) is 36.6 Å². The van der Waals surface area contributed by atoms with Gasteiger partial charge in [0.25, 0.3) is 5.79 Å². The van der Waals surface area contributed by atoms with Crippen LogP contribution in [-0.2, 0) is 11.2 Å². The Bertz CT molecular complexity index is 926. The number of benzene rings is 1. The molecule has 0 aliphatic carbocycles. The average molecular weight is 426 g/mol. The molecule has 3 heterocycles. The first-order valence-electron chi connectivity index (χ1n) is 9.08. The van der Waals surface area contributed by atoms with Crippen molar-refractivity contribution in [3.8, 4) is 17.2 Å². The van der Waals surface area contributed by atoms with Gasteiger partial charge in [-0.1, -0.05) is 11.6 Å². The highest BCUT2D eigenvalue weighted by atomic mass is 35.5. The number of halogens is 3. The van der Waals surface area contributed by atoms with Crippen molar-refractivity contribution in [2.75, 3.05) is 13.2 Å². The van der Waals surface area contributed by atoms with Gasteiger partial charge in [0.2, 0.25) is 5.75 Å². The minimum atomic E-state index is -3.03. The summed E-state index contributed by atoms with van der Waals surface area (Å²) in [6.45, 7) is -0.432. The Morgan fingerprint density at radius 3 is 2.66 bits per heavy atom. The van der Waals surface area contributed by atoms with Gasteiger partial charge in [-0.3, -0.25) is 9.78 Å². The van der Waals surface area contributed by atoms with Crippen LogP contribution in [-0.4, -0.2) is 36.4 Å². The van der Waals surface area contributed by atoms with Gasteiger partial charge in [-0.05, 0) is 30.2 Å². The fraction of sp³-hybridized carbons (Fsp3) is 0.400. The molecule has 0 unspecified atom stereocenters. The third-order valence-electron chi connectivity index (χ3n) is 4.98. The van der Waals surface area contributed by atoms with Crippen LogP contribution in [0.4, 0.5) is 8.78 Å². The van der Waals surface area contributed by atoms with Crippen molar-refractivity contribution in [2.24, 2.45) is 0 Å². The zero-order valence-electron chi connectivity index (χ0n) is 15.5. The number of aryl methyl sites for hydroxylation is 1. The number of carbonyl (C=O) groups is 1. The number of nitrogens with zero attached hydrogens (tertiary/aromatic N) is 1. The van der Waals surface area contributed by atoms with E-state index in [2.05, 4.69) is 9.72 Å². The summed E-state index contributed by atoms with van der Waals surface area (Å²) in [5, 5.41) is 0.380. The van der Waals surface area contributed by atoms with Crippen molar-refractivity contribution >= 4 is 17.4 Å². The molecule has 1 aromatic heterocycles. The summed E-state index contributed by atoms with van der Waals surface area (Å²) < 4.78 is 47.5. The quantitative estimate of drug-likeness (QED) is 0.663. The van der Waals surface area contributed by atoms with Crippen molar-refractivity contribution < 1.29 is 32.5 Å². The van der Waals surface area contributed by atoms with Crippen LogP contribution in [0, 0.1) is 6.92 Å². The second-order valence-electron chi connectivity index (χ2n) is 6.89. The molecule has 0 amide bonds. The summed E-state index contributed by atoms with van der Waals surface area (Å²) >= 11 is 6.19. The number of rotatable bonds is 5. The van der Waals surface area contributed by atoms with E-state index < -0.39 is 12.4 Å². The van der Waals surface area contributed by atoms with E-state index in [1.807, 2.05) is 6.92 Å². The van der Waals surface area contributed by atoms with Crippen LogP contribution in [0.2, 0.25) is 5.02 Å². The number of pyridine rings is 1. The number of hydrogen-bond acceptors (Lipinski definition) is 6. The highest BCUT2D eigenvalue weighted by Gasteiger charge is 2.46. The number of Topliss-reactive ketones (excluding diaryl/α,β-unsaturated/α-hetero) is 1. The molecule has 154 valence electrons. The molecule has 0 saturated carbocycles. The first kappa shape index (κ1) is 19.8. The van der Waals surface area contributed by atoms with Gasteiger partial charge in [-0.25, -0.2) is 0 Å². The summed E-state index contributed by atoms with van der Waals surface area (Å²) in [4.78, 5) is 17.0. The monoisotopic (exact) mass is 425 g/mol. The predicted molar refractivity (Wildman–Crippen MR) is 99.1 cm³/mol. The number of fused-ring (bicyclic) bond motifs is 1. The van der Waals surface area contributed by atoms with Crippen LogP contribution in [0.1, 0.15) is 34.3 Å². The lowest BCUT2D eigenvalue weighted by Crippen LogP contribution is -2.44. The third kappa shape index (κ3) is 3.86. The largest absolute Gasteiger partial charge is 0.447 e. The van der Waals surface area contributed by atoms with Gasteiger partial charge in [0, 0.05) is 31.7 Å². The summed E-state index contributed by atoms with van der Waals surface area (Å²) in [6, 6.07) is 2.70. The molecule has 9 heteroatoms. The molecule has 1 aromatic carbocycles. The van der Waals surface area contributed by atoms with Gasteiger partial charge in [-0.2, -0.15) is 8.78 Å². The summed E-state index contributed by atoms with van der Waals surface area (Å²) in [7, 11) is 0.